The molecule has 1 aliphatic carbocycles. The van der Waals surface area contributed by atoms with Gasteiger partial charge < -0.3 is 25.2 Å². The largest absolute Gasteiger partial charge is 0.468 e. The van der Waals surface area contributed by atoms with Crippen molar-refractivity contribution in [3.05, 3.63) is 41.5 Å². The van der Waals surface area contributed by atoms with Gasteiger partial charge in [-0.2, -0.15) is 4.98 Å². The normalized spacial score (nSPS) is 14.9. The number of esters is 1. The molecule has 11 nitrogen and oxygen atoms in total. The van der Waals surface area contributed by atoms with Gasteiger partial charge in [-0.25, -0.2) is 0 Å². The van der Waals surface area contributed by atoms with Gasteiger partial charge in [0.05, 0.1) is 7.11 Å². The Hall–Kier alpha value is -3.76. The first-order valence-corrected chi connectivity index (χ1v) is 11.7. The Morgan fingerprint density at radius 1 is 1.06 bits per heavy atom. The fourth-order valence-electron chi connectivity index (χ4n) is 4.10. The van der Waals surface area contributed by atoms with E-state index in [9.17, 15) is 19.2 Å². The van der Waals surface area contributed by atoms with Crippen molar-refractivity contribution in [1.82, 2.24) is 20.8 Å². The molecule has 3 amide bonds. The SMILES string of the molecule is COC(=O)CNC(=O)c1ccc(NC(=O)CCc2nc(C3(NC(C)=O)CCCCCC3)no2)cc1. The number of anilines is 1. The zero-order valence-corrected chi connectivity index (χ0v) is 20.0. The van der Waals surface area contributed by atoms with Crippen LogP contribution in [0, 0.1) is 0 Å². The molecule has 1 aliphatic rings. The van der Waals surface area contributed by atoms with Crippen LogP contribution in [-0.2, 0) is 31.1 Å². The smallest absolute Gasteiger partial charge is 0.325 e. The van der Waals surface area contributed by atoms with Crippen LogP contribution in [-0.4, -0.2) is 47.5 Å². The minimum atomic E-state index is -0.628. The molecule has 3 rings (SSSR count). The van der Waals surface area contributed by atoms with E-state index in [4.69, 9.17) is 4.52 Å². The topological polar surface area (TPSA) is 153 Å². The number of aryl methyl sites for hydroxylation is 1. The third kappa shape index (κ3) is 7.36. The standard InChI is InChI=1S/C24H31N5O6/c1-16(30)28-24(13-5-3-4-6-14-24)23-27-20(35-29-23)12-11-19(31)26-18-9-7-17(8-10-18)22(33)25-15-21(32)34-2/h7-10H,3-6,11-15H2,1-2H3,(H,25,33)(H,26,31)(H,28,30). The van der Waals surface area contributed by atoms with Crippen LogP contribution in [0.5, 0.6) is 0 Å². The number of methoxy groups -OCH3 is 1. The number of amides is 3. The minimum Gasteiger partial charge on any atom is -0.468 e. The number of benzene rings is 1. The zero-order valence-electron chi connectivity index (χ0n) is 20.0. The molecule has 0 bridgehead atoms. The molecule has 0 aliphatic heterocycles. The highest BCUT2D eigenvalue weighted by Crippen LogP contribution is 2.34. The number of rotatable bonds is 9. The Balaban J connectivity index is 1.53. The van der Waals surface area contributed by atoms with Gasteiger partial charge in [0.2, 0.25) is 17.7 Å². The number of nitrogens with zero attached hydrogens (tertiary/aromatic N) is 2. The van der Waals surface area contributed by atoms with Crippen molar-refractivity contribution in [3.8, 4) is 0 Å². The molecule has 0 saturated heterocycles. The summed E-state index contributed by atoms with van der Waals surface area (Å²) in [5.41, 5.74) is 0.239. The van der Waals surface area contributed by atoms with Crippen LogP contribution in [0.4, 0.5) is 5.69 Å². The average Bonchev–Trinajstić information content (AvgIpc) is 3.21. The van der Waals surface area contributed by atoms with E-state index in [1.807, 2.05) is 0 Å². The van der Waals surface area contributed by atoms with E-state index in [0.29, 0.717) is 23.0 Å². The van der Waals surface area contributed by atoms with E-state index in [-0.39, 0.29) is 31.2 Å². The Morgan fingerprint density at radius 3 is 2.37 bits per heavy atom. The maximum atomic E-state index is 12.4. The van der Waals surface area contributed by atoms with Crippen LogP contribution in [0.2, 0.25) is 0 Å². The number of nitrogens with one attached hydrogen (secondary N) is 3. The van der Waals surface area contributed by atoms with Crippen LogP contribution in [0.25, 0.3) is 0 Å². The van der Waals surface area contributed by atoms with E-state index >= 15 is 0 Å². The number of hydrogen-bond donors (Lipinski definition) is 3. The average molecular weight is 486 g/mol. The van der Waals surface area contributed by atoms with E-state index in [0.717, 1.165) is 38.5 Å². The molecule has 0 atom stereocenters. The van der Waals surface area contributed by atoms with Crippen LogP contribution in [0.3, 0.4) is 0 Å². The van der Waals surface area contributed by atoms with Crippen molar-refractivity contribution in [2.24, 2.45) is 0 Å². The molecule has 0 unspecified atom stereocenters. The van der Waals surface area contributed by atoms with Crippen molar-refractivity contribution in [1.29, 1.82) is 0 Å². The lowest BCUT2D eigenvalue weighted by molar-refractivity contribution is -0.139. The number of carbonyl (C=O) groups excluding carboxylic acids is 4. The molecule has 35 heavy (non-hydrogen) atoms. The summed E-state index contributed by atoms with van der Waals surface area (Å²) in [5.74, 6) is -0.558. The first-order chi connectivity index (χ1) is 16.8. The van der Waals surface area contributed by atoms with Gasteiger partial charge in [-0.15, -0.1) is 0 Å². The maximum absolute atomic E-state index is 12.4. The van der Waals surface area contributed by atoms with E-state index in [2.05, 4.69) is 30.8 Å². The molecule has 1 aromatic heterocycles. The highest BCUT2D eigenvalue weighted by Gasteiger charge is 2.38. The summed E-state index contributed by atoms with van der Waals surface area (Å²) in [5, 5.41) is 12.4. The monoisotopic (exact) mass is 485 g/mol. The minimum absolute atomic E-state index is 0.121. The second-order valence-corrected chi connectivity index (χ2v) is 8.57. The number of carbonyl (C=O) groups is 4. The lowest BCUT2D eigenvalue weighted by Gasteiger charge is -2.30. The first kappa shape index (κ1) is 25.9. The van der Waals surface area contributed by atoms with E-state index in [1.54, 1.807) is 24.3 Å². The molecule has 1 fully saturated rings. The van der Waals surface area contributed by atoms with Crippen molar-refractivity contribution in [3.63, 3.8) is 0 Å². The van der Waals surface area contributed by atoms with Gasteiger partial charge in [-0.1, -0.05) is 30.8 Å². The van der Waals surface area contributed by atoms with Crippen LogP contribution < -0.4 is 16.0 Å². The maximum Gasteiger partial charge on any atom is 0.325 e. The molecular weight excluding hydrogens is 454 g/mol. The molecular formula is C24H31N5O6. The number of ether oxygens (including phenoxy) is 1. The fraction of sp³-hybridized carbons (Fsp3) is 0.500. The van der Waals surface area contributed by atoms with Gasteiger partial charge in [-0.05, 0) is 37.1 Å². The van der Waals surface area contributed by atoms with Crippen LogP contribution in [0.15, 0.2) is 28.8 Å². The summed E-state index contributed by atoms with van der Waals surface area (Å²) >= 11 is 0. The molecule has 0 radical (unpaired) electrons. The predicted molar refractivity (Wildman–Crippen MR) is 125 cm³/mol. The van der Waals surface area contributed by atoms with Crippen molar-refractivity contribution < 1.29 is 28.4 Å². The first-order valence-electron chi connectivity index (χ1n) is 11.7. The lowest BCUT2D eigenvalue weighted by atomic mass is 9.89. The van der Waals surface area contributed by atoms with Crippen molar-refractivity contribution >= 4 is 29.4 Å². The zero-order chi connectivity index (χ0) is 25.3. The Kier molecular flexibility index (Phi) is 8.93. The third-order valence-electron chi connectivity index (χ3n) is 5.89. The highest BCUT2D eigenvalue weighted by atomic mass is 16.5. The number of hydrogen-bond acceptors (Lipinski definition) is 8. The van der Waals surface area contributed by atoms with Gasteiger partial charge in [0, 0.05) is 31.0 Å². The summed E-state index contributed by atoms with van der Waals surface area (Å²) in [6.07, 6.45) is 6.03. The van der Waals surface area contributed by atoms with Gasteiger partial charge >= 0.3 is 5.97 Å². The van der Waals surface area contributed by atoms with Gasteiger partial charge in [0.15, 0.2) is 5.82 Å². The van der Waals surface area contributed by atoms with E-state index in [1.165, 1.54) is 14.0 Å². The molecule has 0 spiro atoms. The number of aromatic nitrogens is 2. The van der Waals surface area contributed by atoms with Gasteiger partial charge in [0.25, 0.3) is 5.91 Å². The fourth-order valence-corrected chi connectivity index (χ4v) is 4.10. The Labute approximate surface area is 203 Å². The molecule has 188 valence electrons. The van der Waals surface area contributed by atoms with Crippen LogP contribution in [0.1, 0.15) is 73.9 Å². The van der Waals surface area contributed by atoms with Crippen LogP contribution >= 0.6 is 0 Å². The second kappa shape index (κ2) is 12.1. The second-order valence-electron chi connectivity index (χ2n) is 8.57. The molecule has 2 aromatic rings. The molecule has 1 saturated carbocycles. The van der Waals surface area contributed by atoms with Crippen molar-refractivity contribution in [2.75, 3.05) is 19.0 Å². The summed E-state index contributed by atoms with van der Waals surface area (Å²) in [6.45, 7) is 1.26. The highest BCUT2D eigenvalue weighted by molar-refractivity contribution is 5.97. The lowest BCUT2D eigenvalue weighted by Crippen LogP contribution is -2.45. The summed E-state index contributed by atoms with van der Waals surface area (Å²) in [4.78, 5) is 51.9. The van der Waals surface area contributed by atoms with Gasteiger partial charge in [-0.3, -0.25) is 19.2 Å². The third-order valence-corrected chi connectivity index (χ3v) is 5.89. The quantitative estimate of drug-likeness (QED) is 0.361. The predicted octanol–water partition coefficient (Wildman–Crippen LogP) is 2.23. The molecule has 3 N–H and O–H groups in total. The van der Waals surface area contributed by atoms with Crippen molar-refractivity contribution in [2.45, 2.75) is 63.8 Å². The summed E-state index contributed by atoms with van der Waals surface area (Å²) < 4.78 is 9.86. The summed E-state index contributed by atoms with van der Waals surface area (Å²) in [6, 6.07) is 6.28. The summed E-state index contributed by atoms with van der Waals surface area (Å²) in [7, 11) is 1.24. The Morgan fingerprint density at radius 2 is 1.74 bits per heavy atom. The molecule has 1 heterocycles. The van der Waals surface area contributed by atoms with E-state index < -0.39 is 17.4 Å². The molecule has 1 aromatic carbocycles. The molecule has 11 heteroatoms. The van der Waals surface area contributed by atoms with Gasteiger partial charge in [0.1, 0.15) is 12.1 Å². The Bertz CT molecular complexity index is 1040.